The second-order valence-corrected chi connectivity index (χ2v) is 4.71. The first-order valence-electron chi connectivity index (χ1n) is 5.53. The number of pyridine rings is 1. The molecule has 0 bridgehead atoms. The lowest BCUT2D eigenvalue weighted by Gasteiger charge is -2.00. The average Bonchev–Trinajstić information content (AvgIpc) is 2.82. The number of aromatic nitrogens is 3. The molecule has 0 saturated heterocycles. The van der Waals surface area contributed by atoms with Crippen molar-refractivity contribution >= 4 is 34.4 Å². The molecule has 0 amide bonds. The molecule has 96 valence electrons. The number of methoxy groups -OCH3 is 1. The first kappa shape index (κ1) is 12.3. The fraction of sp³-hybridized carbons (Fsp3) is 0.0769. The van der Waals surface area contributed by atoms with Gasteiger partial charge in [-0.3, -0.25) is 0 Å². The van der Waals surface area contributed by atoms with Crippen LogP contribution in [0.3, 0.4) is 0 Å². The molecule has 3 aromatic rings. The van der Waals surface area contributed by atoms with Crippen LogP contribution in [0.5, 0.6) is 5.75 Å². The third-order valence-electron chi connectivity index (χ3n) is 2.75. The lowest BCUT2D eigenvalue weighted by atomic mass is 10.2. The van der Waals surface area contributed by atoms with Crippen LogP contribution >= 0.6 is 23.2 Å². The normalized spacial score (nSPS) is 10.9. The number of benzene rings is 1. The van der Waals surface area contributed by atoms with Crippen molar-refractivity contribution in [1.82, 2.24) is 15.0 Å². The second kappa shape index (κ2) is 4.72. The van der Waals surface area contributed by atoms with Gasteiger partial charge in [-0.2, -0.15) is 0 Å². The Bertz CT molecular complexity index is 698. The Morgan fingerprint density at radius 3 is 2.53 bits per heavy atom. The number of nitrogens with one attached hydrogen (secondary N) is 1. The van der Waals surface area contributed by atoms with Gasteiger partial charge in [0.05, 0.1) is 17.6 Å². The molecule has 19 heavy (non-hydrogen) atoms. The van der Waals surface area contributed by atoms with Crippen molar-refractivity contribution in [3.8, 4) is 17.1 Å². The summed E-state index contributed by atoms with van der Waals surface area (Å²) in [5, 5.41) is 0.654. The van der Waals surface area contributed by atoms with Gasteiger partial charge in [-0.1, -0.05) is 23.2 Å². The van der Waals surface area contributed by atoms with Crippen molar-refractivity contribution in [2.24, 2.45) is 0 Å². The number of hydrogen-bond acceptors (Lipinski definition) is 3. The standard InChI is InChI=1S/C13H9Cl2N3O/c1-19-8-4-2-7(3-5-8)12-16-10-6-9(14)11(15)17-13(10)18-12/h2-6H,1H3,(H,16,17,18). The van der Waals surface area contributed by atoms with E-state index in [0.717, 1.165) is 16.8 Å². The maximum Gasteiger partial charge on any atom is 0.179 e. The molecule has 3 rings (SSSR count). The van der Waals surface area contributed by atoms with Gasteiger partial charge in [-0.25, -0.2) is 9.97 Å². The topological polar surface area (TPSA) is 50.8 Å². The predicted molar refractivity (Wildman–Crippen MR) is 75.9 cm³/mol. The summed E-state index contributed by atoms with van der Waals surface area (Å²) in [6, 6.07) is 9.29. The molecule has 0 radical (unpaired) electrons. The van der Waals surface area contributed by atoms with Gasteiger partial charge in [0, 0.05) is 5.56 Å². The van der Waals surface area contributed by atoms with Gasteiger partial charge in [-0.05, 0) is 30.3 Å². The van der Waals surface area contributed by atoms with Crippen LogP contribution in [0, 0.1) is 0 Å². The quantitative estimate of drug-likeness (QED) is 0.728. The second-order valence-electron chi connectivity index (χ2n) is 3.95. The zero-order valence-electron chi connectivity index (χ0n) is 9.95. The molecule has 0 atom stereocenters. The maximum atomic E-state index is 5.92. The summed E-state index contributed by atoms with van der Waals surface area (Å²) in [7, 11) is 1.63. The van der Waals surface area contributed by atoms with Crippen molar-refractivity contribution in [2.75, 3.05) is 7.11 Å². The van der Waals surface area contributed by atoms with Gasteiger partial charge in [0.15, 0.2) is 5.65 Å². The van der Waals surface area contributed by atoms with E-state index >= 15 is 0 Å². The largest absolute Gasteiger partial charge is 0.497 e. The number of H-pyrrole nitrogens is 1. The van der Waals surface area contributed by atoms with Gasteiger partial charge >= 0.3 is 0 Å². The lowest BCUT2D eigenvalue weighted by molar-refractivity contribution is 0.415. The van der Waals surface area contributed by atoms with E-state index < -0.39 is 0 Å². The number of nitrogens with zero attached hydrogens (tertiary/aromatic N) is 2. The minimum absolute atomic E-state index is 0.252. The summed E-state index contributed by atoms with van der Waals surface area (Å²) in [5.74, 6) is 1.51. The molecule has 0 aliphatic heterocycles. The van der Waals surface area contributed by atoms with Crippen LogP contribution in [0.4, 0.5) is 0 Å². The van der Waals surface area contributed by atoms with Crippen molar-refractivity contribution < 1.29 is 4.74 Å². The van der Waals surface area contributed by atoms with Crippen LogP contribution in [-0.4, -0.2) is 22.1 Å². The number of halogens is 2. The molecule has 2 heterocycles. The molecule has 4 nitrogen and oxygen atoms in total. The van der Waals surface area contributed by atoms with Crippen LogP contribution in [0.25, 0.3) is 22.6 Å². The Morgan fingerprint density at radius 2 is 1.84 bits per heavy atom. The van der Waals surface area contributed by atoms with E-state index in [-0.39, 0.29) is 5.15 Å². The molecule has 0 aliphatic rings. The molecular formula is C13H9Cl2N3O. The Labute approximate surface area is 119 Å². The first-order valence-corrected chi connectivity index (χ1v) is 6.29. The number of hydrogen-bond donors (Lipinski definition) is 1. The highest BCUT2D eigenvalue weighted by Gasteiger charge is 2.09. The average molecular weight is 294 g/mol. The maximum absolute atomic E-state index is 5.92. The summed E-state index contributed by atoms with van der Waals surface area (Å²) >= 11 is 11.8. The number of fused-ring (bicyclic) bond motifs is 1. The van der Waals surface area contributed by atoms with Gasteiger partial charge in [0.25, 0.3) is 0 Å². The van der Waals surface area contributed by atoms with E-state index in [9.17, 15) is 0 Å². The summed E-state index contributed by atoms with van der Waals surface area (Å²) < 4.78 is 5.12. The van der Waals surface area contributed by atoms with Gasteiger partial charge < -0.3 is 9.72 Å². The highest BCUT2D eigenvalue weighted by atomic mass is 35.5. The minimum Gasteiger partial charge on any atom is -0.497 e. The third kappa shape index (κ3) is 2.25. The van der Waals surface area contributed by atoms with Crippen LogP contribution in [-0.2, 0) is 0 Å². The first-order chi connectivity index (χ1) is 9.17. The fourth-order valence-electron chi connectivity index (χ4n) is 1.78. The molecule has 1 aromatic carbocycles. The number of rotatable bonds is 2. The SMILES string of the molecule is COc1ccc(-c2nc3nc(Cl)c(Cl)cc3[nH]2)cc1. The number of ether oxygens (including phenoxy) is 1. The van der Waals surface area contributed by atoms with Crippen molar-refractivity contribution in [1.29, 1.82) is 0 Å². The molecule has 0 unspecified atom stereocenters. The van der Waals surface area contributed by atoms with Crippen molar-refractivity contribution in [2.45, 2.75) is 0 Å². The van der Waals surface area contributed by atoms with Gasteiger partial charge in [0.1, 0.15) is 16.7 Å². The summed E-state index contributed by atoms with van der Waals surface area (Å²) in [5.41, 5.74) is 2.23. The van der Waals surface area contributed by atoms with E-state index in [1.807, 2.05) is 24.3 Å². The Kier molecular flexibility index (Phi) is 3.05. The smallest absolute Gasteiger partial charge is 0.179 e. The Hall–Kier alpha value is -1.78. The Morgan fingerprint density at radius 1 is 1.11 bits per heavy atom. The molecule has 1 N–H and O–H groups in total. The minimum atomic E-state index is 0.252. The molecule has 0 fully saturated rings. The van der Waals surface area contributed by atoms with E-state index in [2.05, 4.69) is 15.0 Å². The summed E-state index contributed by atoms with van der Waals surface area (Å²) in [6.07, 6.45) is 0. The van der Waals surface area contributed by atoms with Crippen LogP contribution in [0.15, 0.2) is 30.3 Å². The molecular weight excluding hydrogens is 285 g/mol. The summed E-state index contributed by atoms with van der Waals surface area (Å²) in [6.45, 7) is 0. The van der Waals surface area contributed by atoms with Crippen molar-refractivity contribution in [3.63, 3.8) is 0 Å². The zero-order chi connectivity index (χ0) is 13.4. The van der Waals surface area contributed by atoms with E-state index in [1.165, 1.54) is 0 Å². The molecule has 2 aromatic heterocycles. The van der Waals surface area contributed by atoms with E-state index in [4.69, 9.17) is 27.9 Å². The van der Waals surface area contributed by atoms with Crippen LogP contribution < -0.4 is 4.74 Å². The third-order valence-corrected chi connectivity index (χ3v) is 3.42. The zero-order valence-corrected chi connectivity index (χ0v) is 11.5. The molecule has 0 spiro atoms. The lowest BCUT2D eigenvalue weighted by Crippen LogP contribution is -1.83. The highest BCUT2D eigenvalue weighted by Crippen LogP contribution is 2.26. The highest BCUT2D eigenvalue weighted by molar-refractivity contribution is 6.41. The molecule has 6 heteroatoms. The number of imidazole rings is 1. The van der Waals surface area contributed by atoms with Gasteiger partial charge in [0.2, 0.25) is 0 Å². The van der Waals surface area contributed by atoms with E-state index in [0.29, 0.717) is 16.5 Å². The van der Waals surface area contributed by atoms with Crippen molar-refractivity contribution in [3.05, 3.63) is 40.5 Å². The van der Waals surface area contributed by atoms with E-state index in [1.54, 1.807) is 13.2 Å². The monoisotopic (exact) mass is 293 g/mol. The fourth-order valence-corrected chi connectivity index (χ4v) is 2.07. The van der Waals surface area contributed by atoms with Crippen LogP contribution in [0.2, 0.25) is 10.2 Å². The Balaban J connectivity index is 2.09. The predicted octanol–water partition coefficient (Wildman–Crippen LogP) is 3.94. The van der Waals surface area contributed by atoms with Gasteiger partial charge in [-0.15, -0.1) is 0 Å². The molecule has 0 saturated carbocycles. The van der Waals surface area contributed by atoms with Crippen LogP contribution in [0.1, 0.15) is 0 Å². The number of aromatic amines is 1. The summed E-state index contributed by atoms with van der Waals surface area (Å²) in [4.78, 5) is 11.7. The molecule has 0 aliphatic carbocycles.